The molecule has 2 N–H and O–H groups in total. The molecule has 0 aliphatic rings. The molecule has 0 saturated heterocycles. The molecule has 0 atom stereocenters. The average Bonchev–Trinajstić information content (AvgIpc) is 2.43. The predicted octanol–water partition coefficient (Wildman–Crippen LogP) is 1.36. The lowest BCUT2D eigenvalue weighted by molar-refractivity contribution is -0.157. The number of para-hydroxylation sites is 1. The molecule has 1 heterocycles. The Morgan fingerprint density at radius 2 is 2.05 bits per heavy atom. The van der Waals surface area contributed by atoms with E-state index >= 15 is 0 Å². The summed E-state index contributed by atoms with van der Waals surface area (Å²) in [5.74, 6) is -0.745. The second-order valence-electron chi connectivity index (χ2n) is 4.65. The summed E-state index contributed by atoms with van der Waals surface area (Å²) in [7, 11) is 1.05. The minimum absolute atomic E-state index is 0.0254. The van der Waals surface area contributed by atoms with E-state index in [9.17, 15) is 22.8 Å². The van der Waals surface area contributed by atoms with Gasteiger partial charge in [0.15, 0.2) is 0 Å². The molecule has 0 aliphatic carbocycles. The quantitative estimate of drug-likeness (QED) is 0.893. The van der Waals surface area contributed by atoms with Crippen LogP contribution in [0.5, 0.6) is 0 Å². The summed E-state index contributed by atoms with van der Waals surface area (Å²) in [6.45, 7) is -1.75. The van der Waals surface area contributed by atoms with Gasteiger partial charge in [0.25, 0.3) is 5.56 Å². The Morgan fingerprint density at radius 3 is 2.73 bits per heavy atom. The number of likely N-dealkylation sites (N-methyl/N-ethyl adjacent to an activating group) is 1. The number of aromatic nitrogens is 2. The van der Waals surface area contributed by atoms with Crippen LogP contribution in [0.4, 0.5) is 19.1 Å². The van der Waals surface area contributed by atoms with Crippen LogP contribution in [0.1, 0.15) is 0 Å². The van der Waals surface area contributed by atoms with Crippen molar-refractivity contribution in [1.82, 2.24) is 14.9 Å². The van der Waals surface area contributed by atoms with Crippen molar-refractivity contribution in [3.63, 3.8) is 0 Å². The minimum Gasteiger partial charge on any atom is -0.347 e. The van der Waals surface area contributed by atoms with E-state index in [1.165, 1.54) is 0 Å². The fraction of sp³-hybridized carbons (Fsp3) is 0.308. The summed E-state index contributed by atoms with van der Waals surface area (Å²) in [6, 6.07) is 6.59. The van der Waals surface area contributed by atoms with Crippen LogP contribution in [0.25, 0.3) is 10.9 Å². The smallest absolute Gasteiger partial charge is 0.347 e. The number of carbonyl (C=O) groups excluding carboxylic acids is 1. The van der Waals surface area contributed by atoms with Gasteiger partial charge in [-0.1, -0.05) is 12.1 Å². The second kappa shape index (κ2) is 6.04. The number of benzene rings is 1. The summed E-state index contributed by atoms with van der Waals surface area (Å²) in [4.78, 5) is 30.4. The van der Waals surface area contributed by atoms with Gasteiger partial charge in [0.1, 0.15) is 6.54 Å². The first kappa shape index (κ1) is 15.8. The van der Waals surface area contributed by atoms with Crippen molar-refractivity contribution in [2.45, 2.75) is 6.18 Å². The van der Waals surface area contributed by atoms with Gasteiger partial charge >= 0.3 is 6.18 Å². The van der Waals surface area contributed by atoms with Crippen LogP contribution < -0.4 is 10.9 Å². The number of aromatic amines is 1. The zero-order valence-corrected chi connectivity index (χ0v) is 11.6. The molecule has 9 heteroatoms. The molecular weight excluding hydrogens is 301 g/mol. The molecule has 0 unspecified atom stereocenters. The summed E-state index contributed by atoms with van der Waals surface area (Å²) in [6.07, 6.45) is -4.46. The first-order chi connectivity index (χ1) is 10.3. The predicted molar refractivity (Wildman–Crippen MR) is 74.5 cm³/mol. The molecular formula is C13H13F3N4O2. The Bertz CT molecular complexity index is 742. The van der Waals surface area contributed by atoms with Gasteiger partial charge in [0.05, 0.1) is 17.4 Å². The fourth-order valence-electron chi connectivity index (χ4n) is 1.82. The van der Waals surface area contributed by atoms with Gasteiger partial charge in [0.2, 0.25) is 11.9 Å². The number of hydrogen-bond donors (Lipinski definition) is 2. The van der Waals surface area contributed by atoms with Crippen LogP contribution in [-0.2, 0) is 4.79 Å². The fourth-order valence-corrected chi connectivity index (χ4v) is 1.82. The minimum atomic E-state index is -4.46. The van der Waals surface area contributed by atoms with Gasteiger partial charge < -0.3 is 10.2 Å². The third-order valence-corrected chi connectivity index (χ3v) is 2.86. The van der Waals surface area contributed by atoms with Crippen LogP contribution >= 0.6 is 0 Å². The first-order valence-corrected chi connectivity index (χ1v) is 6.30. The Labute approximate surface area is 123 Å². The number of nitrogens with one attached hydrogen (secondary N) is 2. The number of alkyl halides is 3. The molecule has 0 saturated carbocycles. The highest BCUT2D eigenvalue weighted by Crippen LogP contribution is 2.15. The molecule has 2 aromatic rings. The number of halogens is 3. The van der Waals surface area contributed by atoms with E-state index in [0.29, 0.717) is 15.8 Å². The van der Waals surface area contributed by atoms with E-state index in [0.717, 1.165) is 7.05 Å². The molecule has 0 spiro atoms. The van der Waals surface area contributed by atoms with E-state index in [4.69, 9.17) is 0 Å². The number of anilines is 1. The molecule has 0 fully saturated rings. The molecule has 0 radical (unpaired) electrons. The van der Waals surface area contributed by atoms with Crippen LogP contribution in [0.3, 0.4) is 0 Å². The topological polar surface area (TPSA) is 78.1 Å². The lowest BCUT2D eigenvalue weighted by Crippen LogP contribution is -2.39. The number of nitrogens with zero attached hydrogens (tertiary/aromatic N) is 2. The molecule has 118 valence electrons. The SMILES string of the molecule is CN(CC(F)(F)F)C(=O)CNc1nc2ccccc2c(=O)[nH]1. The van der Waals surface area contributed by atoms with Gasteiger partial charge in [-0.15, -0.1) is 0 Å². The lowest BCUT2D eigenvalue weighted by atomic mass is 10.2. The maximum Gasteiger partial charge on any atom is 0.406 e. The van der Waals surface area contributed by atoms with E-state index in [2.05, 4.69) is 15.3 Å². The van der Waals surface area contributed by atoms with Crippen molar-refractivity contribution in [1.29, 1.82) is 0 Å². The maximum atomic E-state index is 12.2. The van der Waals surface area contributed by atoms with Crippen LogP contribution in [0.2, 0.25) is 0 Å². The number of H-pyrrole nitrogens is 1. The third kappa shape index (κ3) is 3.96. The van der Waals surface area contributed by atoms with Gasteiger partial charge in [-0.05, 0) is 12.1 Å². The van der Waals surface area contributed by atoms with Crippen molar-refractivity contribution >= 4 is 22.8 Å². The van der Waals surface area contributed by atoms with Gasteiger partial charge in [-0.2, -0.15) is 13.2 Å². The number of fused-ring (bicyclic) bond motifs is 1. The summed E-state index contributed by atoms with van der Waals surface area (Å²) >= 11 is 0. The Morgan fingerprint density at radius 1 is 1.36 bits per heavy atom. The average molecular weight is 314 g/mol. The lowest BCUT2D eigenvalue weighted by Gasteiger charge is -2.19. The van der Waals surface area contributed by atoms with Crippen LogP contribution in [0.15, 0.2) is 29.1 Å². The molecule has 1 amide bonds. The highest BCUT2D eigenvalue weighted by Gasteiger charge is 2.31. The summed E-state index contributed by atoms with van der Waals surface area (Å²) < 4.78 is 36.5. The Hall–Kier alpha value is -2.58. The zero-order valence-electron chi connectivity index (χ0n) is 11.6. The Kier molecular flexibility index (Phi) is 4.34. The van der Waals surface area contributed by atoms with Gasteiger partial charge in [-0.25, -0.2) is 4.98 Å². The molecule has 1 aromatic heterocycles. The van der Waals surface area contributed by atoms with Crippen molar-refractivity contribution in [3.05, 3.63) is 34.6 Å². The molecule has 6 nitrogen and oxygen atoms in total. The van der Waals surface area contributed by atoms with Crippen LogP contribution in [-0.4, -0.2) is 47.1 Å². The van der Waals surface area contributed by atoms with Crippen molar-refractivity contribution in [3.8, 4) is 0 Å². The molecule has 0 bridgehead atoms. The summed E-state index contributed by atoms with van der Waals surface area (Å²) in [5, 5.41) is 2.90. The summed E-state index contributed by atoms with van der Waals surface area (Å²) in [5.41, 5.74) is 0.0223. The third-order valence-electron chi connectivity index (χ3n) is 2.86. The monoisotopic (exact) mass is 314 g/mol. The van der Waals surface area contributed by atoms with Crippen molar-refractivity contribution in [2.24, 2.45) is 0 Å². The standard InChI is InChI=1S/C13H13F3N4O2/c1-20(7-13(14,15)16)10(21)6-17-12-18-9-5-3-2-4-8(9)11(22)19-12/h2-5H,6-7H2,1H3,(H2,17,18,19,22). The highest BCUT2D eigenvalue weighted by atomic mass is 19.4. The normalized spacial score (nSPS) is 11.5. The van der Waals surface area contributed by atoms with E-state index in [-0.39, 0.29) is 5.95 Å². The zero-order chi connectivity index (χ0) is 16.3. The van der Waals surface area contributed by atoms with Crippen molar-refractivity contribution in [2.75, 3.05) is 25.5 Å². The molecule has 1 aromatic carbocycles. The maximum absolute atomic E-state index is 12.2. The van der Waals surface area contributed by atoms with Crippen molar-refractivity contribution < 1.29 is 18.0 Å². The van der Waals surface area contributed by atoms with E-state index < -0.39 is 30.7 Å². The Balaban J connectivity index is 2.06. The van der Waals surface area contributed by atoms with Crippen LogP contribution in [0, 0.1) is 0 Å². The second-order valence-corrected chi connectivity index (χ2v) is 4.65. The number of amides is 1. The molecule has 0 aliphatic heterocycles. The number of carbonyl (C=O) groups is 1. The van der Waals surface area contributed by atoms with E-state index in [1.807, 2.05) is 0 Å². The first-order valence-electron chi connectivity index (χ1n) is 6.30. The number of hydrogen-bond acceptors (Lipinski definition) is 4. The molecule has 2 rings (SSSR count). The molecule has 22 heavy (non-hydrogen) atoms. The van der Waals surface area contributed by atoms with E-state index in [1.54, 1.807) is 24.3 Å². The van der Waals surface area contributed by atoms with Gasteiger partial charge in [0, 0.05) is 7.05 Å². The highest BCUT2D eigenvalue weighted by molar-refractivity contribution is 5.81. The van der Waals surface area contributed by atoms with Gasteiger partial charge in [-0.3, -0.25) is 14.6 Å². The number of rotatable bonds is 4. The largest absolute Gasteiger partial charge is 0.406 e.